The normalized spacial score (nSPS) is 10.5. The first-order chi connectivity index (χ1) is 5.80. The van der Waals surface area contributed by atoms with E-state index in [2.05, 4.69) is 17.4 Å². The van der Waals surface area contributed by atoms with E-state index in [0.29, 0.717) is 0 Å². The molecular weight excluding hydrogens is 211 g/mol. The molecule has 0 atom stereocenters. The second-order valence-corrected chi connectivity index (χ2v) is 2.11. The molecule has 0 rings (SSSR count). The summed E-state index contributed by atoms with van der Waals surface area (Å²) in [6.45, 7) is -1.64. The number of alkyl halides is 1. The van der Waals surface area contributed by atoms with E-state index in [1.54, 1.807) is 0 Å². The maximum Gasteiger partial charge on any atom is 0.648 e. The smallest absolute Gasteiger partial charge is 0.648 e. The molecule has 13 heavy (non-hydrogen) atoms. The van der Waals surface area contributed by atoms with Crippen LogP contribution in [-0.2, 0) is 17.4 Å². The third-order valence-corrected chi connectivity index (χ3v) is 1.05. The van der Waals surface area contributed by atoms with Crippen LogP contribution in [-0.4, -0.2) is 27.7 Å². The van der Waals surface area contributed by atoms with Crippen LogP contribution in [0.5, 0.6) is 0 Å². The van der Waals surface area contributed by atoms with Crippen LogP contribution >= 0.6 is 0 Å². The lowest BCUT2D eigenvalue weighted by Gasteiger charge is -2.09. The number of hydrogen-bond acceptors (Lipinski definition) is 7. The van der Waals surface area contributed by atoms with Gasteiger partial charge in [-0.05, 0) is 0 Å². The lowest BCUT2D eigenvalue weighted by atomic mass is 10.5. The van der Waals surface area contributed by atoms with Crippen molar-refractivity contribution in [2.45, 2.75) is 5.92 Å². The lowest BCUT2D eigenvalue weighted by Crippen LogP contribution is -2.46. The minimum absolute atomic E-state index is 1.45. The molecule has 0 amide bonds. The second-order valence-electron chi connectivity index (χ2n) is 1.77. The minimum atomic E-state index is -4.03. The molecule has 0 N–H and O–H groups in total. The third-order valence-electron chi connectivity index (χ3n) is 0.933. The largest absolute Gasteiger partial charge is 0.698 e. The average molecular weight is 213 g/mol. The van der Waals surface area contributed by atoms with Gasteiger partial charge < -0.3 is 17.4 Å². The maximum atomic E-state index is 12.7. The second kappa shape index (κ2) is 3.89. The summed E-state index contributed by atoms with van der Waals surface area (Å²) in [6, 6.07) is 0. The summed E-state index contributed by atoms with van der Waals surface area (Å²) in [5, 5.41) is 18.2. The molecule has 0 bridgehead atoms. The van der Waals surface area contributed by atoms with E-state index in [1.165, 1.54) is 0 Å². The van der Waals surface area contributed by atoms with E-state index in [4.69, 9.17) is 0 Å². The van der Waals surface area contributed by atoms with Gasteiger partial charge in [0.15, 0.2) is 5.30 Å². The molecule has 0 aliphatic rings. The fourth-order valence-electron chi connectivity index (χ4n) is 0.323. The first kappa shape index (κ1) is 11.4. The van der Waals surface area contributed by atoms with Crippen molar-refractivity contribution in [2.24, 2.45) is 0 Å². The van der Waals surface area contributed by atoms with Gasteiger partial charge in [-0.1, -0.05) is 4.39 Å². The Kier molecular flexibility index (Phi) is 3.42. The summed E-state index contributed by atoms with van der Waals surface area (Å²) in [4.78, 5) is 26.0. The average Bonchev–Trinajstić information content (AvgIpc) is 1.99. The van der Waals surface area contributed by atoms with Crippen LogP contribution < -0.4 is 0 Å². The van der Waals surface area contributed by atoms with Gasteiger partial charge in [-0.15, -0.1) is 0 Å². The molecule has 0 aliphatic heterocycles. The maximum absolute atomic E-state index is 12.7. The zero-order valence-electron chi connectivity index (χ0n) is 5.84. The van der Waals surface area contributed by atoms with Crippen LogP contribution in [0.4, 0.5) is 9.18 Å². The van der Waals surface area contributed by atoms with Gasteiger partial charge in [-0.2, -0.15) is 0 Å². The number of carbonyl (C=O) groups is 1. The zero-order valence-corrected chi connectivity index (χ0v) is 6.65. The van der Waals surface area contributed by atoms with Gasteiger partial charge in [0, 0.05) is 0 Å². The van der Waals surface area contributed by atoms with E-state index in [0.717, 1.165) is 0 Å². The van der Waals surface area contributed by atoms with Crippen molar-refractivity contribution in [3.8, 4) is 0 Å². The Morgan fingerprint density at radius 1 is 1.46 bits per heavy atom. The predicted molar refractivity (Wildman–Crippen MR) is 36.5 cm³/mol. The van der Waals surface area contributed by atoms with Crippen LogP contribution in [0.1, 0.15) is 0 Å². The van der Waals surface area contributed by atoms with Crippen molar-refractivity contribution in [1.29, 1.82) is 0 Å². The highest BCUT2D eigenvalue weighted by Crippen LogP contribution is 2.13. The first-order valence-electron chi connectivity index (χ1n) is 2.62. The fraction of sp³-hybridized carbons (Fsp3) is 0.667. The number of carbonyl (C=O) groups excluding carboxylic acids is 1. The minimum Gasteiger partial charge on any atom is -0.698 e. The van der Waals surface area contributed by atoms with Crippen molar-refractivity contribution in [2.75, 3.05) is 6.61 Å². The van der Waals surface area contributed by atoms with Crippen LogP contribution in [0.3, 0.4) is 0 Å². The molecule has 0 aromatic rings. The summed E-state index contributed by atoms with van der Waals surface area (Å²) in [6.07, 6.45) is 0. The monoisotopic (exact) mass is 213 g/mol. The summed E-state index contributed by atoms with van der Waals surface area (Å²) >= 11 is 3.75. The molecule has 0 aromatic carbocycles. The third kappa shape index (κ3) is 2.74. The van der Waals surface area contributed by atoms with Gasteiger partial charge >= 0.3 is 5.92 Å². The molecule has 0 spiro atoms. The highest BCUT2D eigenvalue weighted by molar-refractivity contribution is 7.76. The van der Waals surface area contributed by atoms with E-state index < -0.39 is 27.7 Å². The summed E-state index contributed by atoms with van der Waals surface area (Å²) < 4.78 is 16.3. The molecule has 0 saturated carbocycles. The van der Waals surface area contributed by atoms with Gasteiger partial charge in [0.1, 0.15) is 9.85 Å². The van der Waals surface area contributed by atoms with Gasteiger partial charge in [0.05, 0.1) is 0 Å². The Balaban J connectivity index is 4.52. The molecule has 0 radical (unpaired) electrons. The number of nitro groups is 2. The molecule has 0 heterocycles. The van der Waals surface area contributed by atoms with E-state index in [1.807, 2.05) is 0 Å². The first-order valence-corrected chi connectivity index (χ1v) is 3.03. The van der Waals surface area contributed by atoms with Gasteiger partial charge in [0.25, 0.3) is 6.61 Å². The van der Waals surface area contributed by atoms with Crippen LogP contribution in [0.2, 0.25) is 0 Å². The molecule has 10 heteroatoms. The lowest BCUT2D eigenvalue weighted by molar-refractivity contribution is -0.832. The zero-order chi connectivity index (χ0) is 10.6. The molecule has 0 fully saturated rings. The van der Waals surface area contributed by atoms with Crippen molar-refractivity contribution in [1.82, 2.24) is 0 Å². The number of ether oxygens (including phenoxy) is 1. The Hall–Kier alpha value is -1.58. The number of nitrogens with zero attached hydrogens (tertiary/aromatic N) is 2. The molecule has 0 aromatic heterocycles. The highest BCUT2D eigenvalue weighted by atomic mass is 32.1. The van der Waals surface area contributed by atoms with Crippen LogP contribution in [0.15, 0.2) is 0 Å². The molecular formula is C3H2FN2O6S-. The van der Waals surface area contributed by atoms with E-state index in [-0.39, 0.29) is 0 Å². The highest BCUT2D eigenvalue weighted by Gasteiger charge is 2.59. The number of rotatable bonds is 4. The predicted octanol–water partition coefficient (Wildman–Crippen LogP) is -0.153. The number of halogens is 1. The van der Waals surface area contributed by atoms with Crippen molar-refractivity contribution in [3.63, 3.8) is 0 Å². The summed E-state index contributed by atoms with van der Waals surface area (Å²) in [7, 11) is 0. The molecule has 0 saturated heterocycles. The van der Waals surface area contributed by atoms with Crippen LogP contribution in [0, 0.1) is 20.2 Å². The van der Waals surface area contributed by atoms with Crippen LogP contribution in [0.25, 0.3) is 0 Å². The standard InChI is InChI=1S/C3H3FN2O6S/c4-3(5(8)9,6(10)11)1-12-2(7)13/h1H2,(H,7,13)/p-1. The Morgan fingerprint density at radius 2 is 1.85 bits per heavy atom. The SMILES string of the molecule is O=C([S-])OCC(F)([N+](=O)[O-])[N+](=O)[O-]. The van der Waals surface area contributed by atoms with Gasteiger partial charge in [-0.3, -0.25) is 25.0 Å². The Bertz CT molecular complexity index is 242. The van der Waals surface area contributed by atoms with Crippen molar-refractivity contribution in [3.05, 3.63) is 20.2 Å². The fourth-order valence-corrected chi connectivity index (χ4v) is 0.382. The van der Waals surface area contributed by atoms with Gasteiger partial charge in [-0.25, -0.2) is 0 Å². The van der Waals surface area contributed by atoms with Crippen molar-refractivity contribution >= 4 is 17.9 Å². The van der Waals surface area contributed by atoms with Gasteiger partial charge in [0.2, 0.25) is 0 Å². The summed E-state index contributed by atoms with van der Waals surface area (Å²) in [5.74, 6) is -4.03. The molecule has 0 unspecified atom stereocenters. The van der Waals surface area contributed by atoms with E-state index >= 15 is 0 Å². The number of hydrogen-bond donors (Lipinski definition) is 0. The molecule has 8 nitrogen and oxygen atoms in total. The molecule has 0 aliphatic carbocycles. The Morgan fingerprint density at radius 3 is 2.08 bits per heavy atom. The topological polar surface area (TPSA) is 113 Å². The van der Waals surface area contributed by atoms with Crippen molar-refractivity contribution < 1.29 is 23.8 Å². The van der Waals surface area contributed by atoms with E-state index in [9.17, 15) is 29.4 Å². The quantitative estimate of drug-likeness (QED) is 0.159. The molecule has 74 valence electrons. The summed E-state index contributed by atoms with van der Waals surface area (Å²) in [5.41, 5.74) is 0. The Labute approximate surface area is 75.4 Å².